The highest BCUT2D eigenvalue weighted by molar-refractivity contribution is 7.13. The number of hydrogen-bond acceptors (Lipinski definition) is 5. The quantitative estimate of drug-likeness (QED) is 0.868. The van der Waals surface area contributed by atoms with Crippen molar-refractivity contribution in [3.05, 3.63) is 35.4 Å². The van der Waals surface area contributed by atoms with E-state index in [0.29, 0.717) is 5.13 Å². The number of hydrogen-bond donors (Lipinski definition) is 1. The van der Waals surface area contributed by atoms with Crippen LogP contribution in [0.2, 0.25) is 0 Å². The molecule has 6 heteroatoms. The Morgan fingerprint density at radius 3 is 3.00 bits per heavy atom. The van der Waals surface area contributed by atoms with Crippen LogP contribution in [0.15, 0.2) is 24.0 Å². The lowest BCUT2D eigenvalue weighted by Gasteiger charge is -2.11. The molecule has 0 saturated carbocycles. The van der Waals surface area contributed by atoms with Gasteiger partial charge in [0.25, 0.3) is 0 Å². The first-order valence-electron chi connectivity index (χ1n) is 4.39. The molecule has 0 aliphatic heterocycles. The van der Waals surface area contributed by atoms with Gasteiger partial charge in [-0.3, -0.25) is 4.98 Å². The summed E-state index contributed by atoms with van der Waals surface area (Å²) < 4.78 is 12.9. The van der Waals surface area contributed by atoms with Crippen LogP contribution in [0.3, 0.4) is 0 Å². The summed E-state index contributed by atoms with van der Waals surface area (Å²) in [7, 11) is 0. The van der Waals surface area contributed by atoms with Crippen LogP contribution in [0.5, 0.6) is 0 Å². The summed E-state index contributed by atoms with van der Waals surface area (Å²) in [6, 6.07) is 1.41. The topological polar surface area (TPSA) is 50.7 Å². The number of nitrogens with one attached hydrogen (secondary N) is 1. The van der Waals surface area contributed by atoms with E-state index in [2.05, 4.69) is 20.5 Å². The smallest absolute Gasteiger partial charge is 0.205 e. The maximum absolute atomic E-state index is 12.9. The van der Waals surface area contributed by atoms with Gasteiger partial charge >= 0.3 is 0 Å². The van der Waals surface area contributed by atoms with Crippen LogP contribution in [0.25, 0.3) is 0 Å². The van der Waals surface area contributed by atoms with Crippen molar-refractivity contribution in [3.8, 4) is 0 Å². The average molecular weight is 224 g/mol. The molecule has 0 saturated heterocycles. The summed E-state index contributed by atoms with van der Waals surface area (Å²) in [5.74, 6) is -0.335. The predicted octanol–water partition coefficient (Wildman–Crippen LogP) is 2.25. The Morgan fingerprint density at radius 2 is 2.33 bits per heavy atom. The summed E-state index contributed by atoms with van der Waals surface area (Å²) in [5.41, 5.74) is 2.42. The van der Waals surface area contributed by atoms with Crippen LogP contribution in [0.4, 0.5) is 9.52 Å². The van der Waals surface area contributed by atoms with Gasteiger partial charge in [0.2, 0.25) is 5.13 Å². The monoisotopic (exact) mass is 224 g/mol. The van der Waals surface area contributed by atoms with Crippen molar-refractivity contribution in [3.63, 3.8) is 0 Å². The van der Waals surface area contributed by atoms with Crippen molar-refractivity contribution in [2.24, 2.45) is 0 Å². The second-order valence-electron chi connectivity index (χ2n) is 3.05. The summed E-state index contributed by atoms with van der Waals surface area (Å²) in [6.45, 7) is 1.91. The van der Waals surface area contributed by atoms with E-state index in [1.165, 1.54) is 23.6 Å². The zero-order valence-electron chi connectivity index (χ0n) is 8.01. The van der Waals surface area contributed by atoms with E-state index in [4.69, 9.17) is 0 Å². The molecule has 1 atom stereocenters. The number of pyridine rings is 1. The van der Waals surface area contributed by atoms with Crippen molar-refractivity contribution >= 4 is 16.5 Å². The molecule has 0 aliphatic carbocycles. The summed E-state index contributed by atoms with van der Waals surface area (Å²) in [5, 5.41) is 11.4. The Hall–Kier alpha value is -1.56. The van der Waals surface area contributed by atoms with Crippen LogP contribution in [-0.2, 0) is 0 Å². The third-order valence-electron chi connectivity index (χ3n) is 1.93. The van der Waals surface area contributed by atoms with Crippen molar-refractivity contribution in [2.45, 2.75) is 13.0 Å². The van der Waals surface area contributed by atoms with Gasteiger partial charge in [0.15, 0.2) is 0 Å². The molecule has 15 heavy (non-hydrogen) atoms. The van der Waals surface area contributed by atoms with Gasteiger partial charge in [-0.25, -0.2) is 4.39 Å². The van der Waals surface area contributed by atoms with E-state index in [-0.39, 0.29) is 11.9 Å². The molecule has 4 nitrogen and oxygen atoms in total. The van der Waals surface area contributed by atoms with Gasteiger partial charge in [-0.2, -0.15) is 0 Å². The predicted molar refractivity (Wildman–Crippen MR) is 56.1 cm³/mol. The number of rotatable bonds is 3. The van der Waals surface area contributed by atoms with Crippen LogP contribution in [0.1, 0.15) is 18.5 Å². The minimum absolute atomic E-state index is 0.0406. The molecule has 0 spiro atoms. The number of aromatic nitrogens is 3. The first-order valence-corrected chi connectivity index (χ1v) is 5.27. The highest BCUT2D eigenvalue weighted by atomic mass is 32.1. The number of halogens is 1. The number of anilines is 1. The van der Waals surface area contributed by atoms with Crippen LogP contribution in [0, 0.1) is 5.82 Å². The fourth-order valence-electron chi connectivity index (χ4n) is 1.17. The molecule has 0 radical (unpaired) electrons. The molecule has 2 aromatic rings. The Kier molecular flexibility index (Phi) is 2.86. The van der Waals surface area contributed by atoms with E-state index in [9.17, 15) is 4.39 Å². The Morgan fingerprint density at radius 1 is 1.47 bits per heavy atom. The van der Waals surface area contributed by atoms with Gasteiger partial charge in [0.1, 0.15) is 11.3 Å². The molecule has 2 rings (SSSR count). The second kappa shape index (κ2) is 4.31. The van der Waals surface area contributed by atoms with Gasteiger partial charge in [-0.1, -0.05) is 11.3 Å². The second-order valence-corrected chi connectivity index (χ2v) is 3.88. The number of nitrogens with zero attached hydrogens (tertiary/aromatic N) is 3. The van der Waals surface area contributed by atoms with E-state index >= 15 is 0 Å². The van der Waals surface area contributed by atoms with Crippen molar-refractivity contribution < 1.29 is 4.39 Å². The van der Waals surface area contributed by atoms with Gasteiger partial charge in [-0.05, 0) is 18.6 Å². The fraction of sp³-hybridized carbons (Fsp3) is 0.222. The van der Waals surface area contributed by atoms with Crippen molar-refractivity contribution in [1.29, 1.82) is 0 Å². The minimum Gasteiger partial charge on any atom is -0.354 e. The normalized spacial score (nSPS) is 12.4. The molecule has 1 N–H and O–H groups in total. The van der Waals surface area contributed by atoms with Gasteiger partial charge < -0.3 is 5.32 Å². The Bertz CT molecular complexity index is 431. The summed E-state index contributed by atoms with van der Waals surface area (Å²) >= 11 is 1.40. The van der Waals surface area contributed by atoms with E-state index in [1.807, 2.05) is 6.92 Å². The lowest BCUT2D eigenvalue weighted by molar-refractivity contribution is 0.616. The van der Waals surface area contributed by atoms with Crippen molar-refractivity contribution in [1.82, 2.24) is 15.2 Å². The third-order valence-corrected chi connectivity index (χ3v) is 2.55. The van der Waals surface area contributed by atoms with Crippen LogP contribution < -0.4 is 5.32 Å². The minimum atomic E-state index is -0.335. The van der Waals surface area contributed by atoms with Crippen molar-refractivity contribution in [2.75, 3.05) is 5.32 Å². The molecule has 2 aromatic heterocycles. The molecule has 2 heterocycles. The maximum atomic E-state index is 12.9. The first-order chi connectivity index (χ1) is 7.25. The maximum Gasteiger partial charge on any atom is 0.205 e. The van der Waals surface area contributed by atoms with Crippen LogP contribution in [-0.4, -0.2) is 15.2 Å². The van der Waals surface area contributed by atoms with Gasteiger partial charge in [0.05, 0.1) is 12.2 Å². The SMILES string of the molecule is CC(Nc1nncs1)c1cncc(F)c1. The van der Waals surface area contributed by atoms with E-state index in [0.717, 1.165) is 5.56 Å². The molecular weight excluding hydrogens is 215 g/mol. The zero-order valence-corrected chi connectivity index (χ0v) is 8.83. The third kappa shape index (κ3) is 2.47. The zero-order chi connectivity index (χ0) is 10.7. The Labute approximate surface area is 90.2 Å². The van der Waals surface area contributed by atoms with E-state index < -0.39 is 0 Å². The molecule has 0 amide bonds. The standard InChI is InChI=1S/C9H9FN4S/c1-6(13-9-14-12-5-15-9)7-2-8(10)4-11-3-7/h2-6H,1H3,(H,13,14). The van der Waals surface area contributed by atoms with Gasteiger partial charge in [0, 0.05) is 6.20 Å². The lowest BCUT2D eigenvalue weighted by Crippen LogP contribution is -2.07. The lowest BCUT2D eigenvalue weighted by atomic mass is 10.1. The summed E-state index contributed by atoms with van der Waals surface area (Å²) in [4.78, 5) is 3.79. The van der Waals surface area contributed by atoms with Gasteiger partial charge in [-0.15, -0.1) is 10.2 Å². The molecular formula is C9H9FN4S. The molecule has 1 unspecified atom stereocenters. The highest BCUT2D eigenvalue weighted by Gasteiger charge is 2.08. The molecule has 78 valence electrons. The first kappa shape index (κ1) is 9.97. The fourth-order valence-corrected chi connectivity index (χ4v) is 1.70. The Balaban J connectivity index is 2.11. The molecule has 0 aliphatic rings. The molecule has 0 fully saturated rings. The van der Waals surface area contributed by atoms with Crippen LogP contribution >= 0.6 is 11.3 Å². The van der Waals surface area contributed by atoms with E-state index in [1.54, 1.807) is 11.7 Å². The summed E-state index contributed by atoms with van der Waals surface area (Å²) in [6.07, 6.45) is 2.81. The highest BCUT2D eigenvalue weighted by Crippen LogP contribution is 2.19. The average Bonchev–Trinajstić information content (AvgIpc) is 2.70. The molecule has 0 bridgehead atoms. The largest absolute Gasteiger partial charge is 0.354 e. The molecule has 0 aromatic carbocycles.